The molecule has 1 aromatic heterocycles. The van der Waals surface area contributed by atoms with Gasteiger partial charge in [-0.2, -0.15) is 5.10 Å². The van der Waals surface area contributed by atoms with Gasteiger partial charge in [0.2, 0.25) is 0 Å². The second-order valence-electron chi connectivity index (χ2n) is 8.95. The number of fused-ring (bicyclic) bond motifs is 1. The second kappa shape index (κ2) is 12.6. The zero-order chi connectivity index (χ0) is 29.1. The monoisotopic (exact) mass is 711 g/mol. The maximum absolute atomic E-state index is 13.5. The lowest BCUT2D eigenvalue weighted by Crippen LogP contribution is -2.19. The number of ether oxygens (including phenoxy) is 1. The molecule has 206 valence electrons. The lowest BCUT2D eigenvalue weighted by Gasteiger charge is -2.11. The highest BCUT2D eigenvalue weighted by Crippen LogP contribution is 2.35. The number of nitrogens with one attached hydrogen (secondary N) is 2. The van der Waals surface area contributed by atoms with Crippen molar-refractivity contribution < 1.29 is 14.3 Å². The number of hydrogen-bond acceptors (Lipinski definition) is 4. The van der Waals surface area contributed by atoms with E-state index in [-0.39, 0.29) is 16.3 Å². The van der Waals surface area contributed by atoms with Crippen molar-refractivity contribution >= 4 is 84.1 Å². The van der Waals surface area contributed by atoms with Crippen LogP contribution in [0.5, 0.6) is 5.75 Å². The molecule has 5 aromatic rings. The van der Waals surface area contributed by atoms with Gasteiger partial charge in [-0.3, -0.25) is 4.79 Å². The molecular formula is C31H21Br2Cl2N3O3. The van der Waals surface area contributed by atoms with Crippen LogP contribution in [0.25, 0.3) is 22.0 Å². The number of aryl methyl sites for hydroxylation is 1. The summed E-state index contributed by atoms with van der Waals surface area (Å²) < 4.78 is 6.88. The van der Waals surface area contributed by atoms with Gasteiger partial charge in [-0.25, -0.2) is 10.2 Å². The Balaban J connectivity index is 1.46. The average Bonchev–Trinajstić information content (AvgIpc) is 3.35. The first-order valence-electron chi connectivity index (χ1n) is 12.5. The van der Waals surface area contributed by atoms with E-state index < -0.39 is 11.9 Å². The first kappa shape index (κ1) is 29.1. The number of aromatic nitrogens is 1. The topological polar surface area (TPSA) is 83.5 Å². The fourth-order valence-corrected chi connectivity index (χ4v) is 6.28. The number of para-hydroxylation sites is 1. The summed E-state index contributed by atoms with van der Waals surface area (Å²) in [6.07, 6.45) is 2.22. The largest absolute Gasteiger partial charge is 0.421 e. The molecular weight excluding hydrogens is 693 g/mol. The molecule has 10 heteroatoms. The van der Waals surface area contributed by atoms with Gasteiger partial charge in [0, 0.05) is 31.5 Å². The second-order valence-corrected chi connectivity index (χ2v) is 11.6. The van der Waals surface area contributed by atoms with E-state index in [2.05, 4.69) is 54.3 Å². The summed E-state index contributed by atoms with van der Waals surface area (Å²) in [6.45, 7) is 2.07. The normalized spacial score (nSPS) is 11.2. The summed E-state index contributed by atoms with van der Waals surface area (Å²) in [5.41, 5.74) is 7.31. The minimum absolute atomic E-state index is 0.153. The van der Waals surface area contributed by atoms with Gasteiger partial charge in [0.15, 0.2) is 5.75 Å². The molecule has 0 radical (unpaired) electrons. The standard InChI is InChI=1S/C31H21Br2Cl2N3O3/c1-2-17-9-6-10-23-26(18-7-4-3-5-8-18)28(37-27(17)23)30(39)38-36-16-19-13-20(32)14-24(33)29(19)41-31(40)22-12-11-21(34)15-25(22)35/h3-16,37H,2H2,1H3,(H,38,39). The van der Waals surface area contributed by atoms with Crippen LogP contribution in [0.15, 0.2) is 92.9 Å². The zero-order valence-corrected chi connectivity index (χ0v) is 26.2. The molecule has 0 unspecified atom stereocenters. The molecule has 0 saturated heterocycles. The third kappa shape index (κ3) is 6.26. The molecule has 41 heavy (non-hydrogen) atoms. The van der Waals surface area contributed by atoms with Crippen LogP contribution in [0.2, 0.25) is 10.0 Å². The van der Waals surface area contributed by atoms with Crippen LogP contribution >= 0.6 is 55.1 Å². The van der Waals surface area contributed by atoms with E-state index in [4.69, 9.17) is 27.9 Å². The van der Waals surface area contributed by atoms with Crippen LogP contribution in [0, 0.1) is 0 Å². The summed E-state index contributed by atoms with van der Waals surface area (Å²) in [4.78, 5) is 29.7. The number of hydrogen-bond donors (Lipinski definition) is 2. The fourth-order valence-electron chi connectivity index (χ4n) is 4.45. The molecule has 0 fully saturated rings. The van der Waals surface area contributed by atoms with Crippen molar-refractivity contribution in [2.75, 3.05) is 0 Å². The molecule has 1 amide bonds. The summed E-state index contributed by atoms with van der Waals surface area (Å²) in [6, 6.07) is 23.7. The van der Waals surface area contributed by atoms with Crippen molar-refractivity contribution in [3.8, 4) is 16.9 Å². The predicted molar refractivity (Wildman–Crippen MR) is 171 cm³/mol. The van der Waals surface area contributed by atoms with Gasteiger partial charge in [0.05, 0.1) is 21.3 Å². The Labute approximate surface area is 263 Å². The molecule has 0 aliphatic heterocycles. The Bertz CT molecular complexity index is 1820. The Morgan fingerprint density at radius 3 is 2.51 bits per heavy atom. The quantitative estimate of drug-likeness (QED) is 0.0764. The number of aromatic amines is 1. The van der Waals surface area contributed by atoms with E-state index >= 15 is 0 Å². The number of nitrogens with zero attached hydrogens (tertiary/aromatic N) is 1. The Morgan fingerprint density at radius 2 is 1.78 bits per heavy atom. The third-order valence-electron chi connectivity index (χ3n) is 6.34. The number of esters is 1. The van der Waals surface area contributed by atoms with Gasteiger partial charge >= 0.3 is 5.97 Å². The van der Waals surface area contributed by atoms with Gasteiger partial charge in [0.25, 0.3) is 5.91 Å². The smallest absolute Gasteiger partial charge is 0.345 e. The Hall–Kier alpha value is -3.43. The van der Waals surface area contributed by atoms with Crippen LogP contribution in [0.3, 0.4) is 0 Å². The van der Waals surface area contributed by atoms with Gasteiger partial charge in [-0.05, 0) is 63.8 Å². The summed E-state index contributed by atoms with van der Waals surface area (Å²) in [5, 5.41) is 5.71. The van der Waals surface area contributed by atoms with Gasteiger partial charge in [0.1, 0.15) is 5.69 Å². The zero-order valence-electron chi connectivity index (χ0n) is 21.5. The Morgan fingerprint density at radius 1 is 1.00 bits per heavy atom. The number of carbonyl (C=O) groups excluding carboxylic acids is 2. The molecule has 0 spiro atoms. The van der Waals surface area contributed by atoms with E-state index in [1.807, 2.05) is 48.5 Å². The van der Waals surface area contributed by atoms with Crippen molar-refractivity contribution in [2.45, 2.75) is 13.3 Å². The number of carbonyl (C=O) groups is 2. The van der Waals surface area contributed by atoms with E-state index in [1.165, 1.54) is 18.3 Å². The predicted octanol–water partition coefficient (Wildman–Crippen LogP) is 9.21. The van der Waals surface area contributed by atoms with Crippen molar-refractivity contribution in [2.24, 2.45) is 5.10 Å². The number of rotatable bonds is 7. The van der Waals surface area contributed by atoms with E-state index in [9.17, 15) is 9.59 Å². The number of hydrazone groups is 1. The molecule has 0 aliphatic rings. The third-order valence-corrected chi connectivity index (χ3v) is 7.94. The maximum Gasteiger partial charge on any atom is 0.345 e. The Kier molecular flexibility index (Phi) is 8.94. The van der Waals surface area contributed by atoms with Crippen molar-refractivity contribution in [1.82, 2.24) is 10.4 Å². The maximum atomic E-state index is 13.5. The average molecular weight is 714 g/mol. The van der Waals surface area contributed by atoms with Crippen molar-refractivity contribution in [3.05, 3.63) is 120 Å². The molecule has 5 rings (SSSR count). The lowest BCUT2D eigenvalue weighted by molar-refractivity contribution is 0.0733. The van der Waals surface area contributed by atoms with E-state index in [0.717, 1.165) is 34.0 Å². The minimum Gasteiger partial charge on any atom is -0.421 e. The number of amides is 1. The minimum atomic E-state index is -0.675. The first-order chi connectivity index (χ1) is 19.8. The molecule has 4 aromatic carbocycles. The molecule has 0 bridgehead atoms. The molecule has 0 saturated carbocycles. The molecule has 2 N–H and O–H groups in total. The van der Waals surface area contributed by atoms with Crippen molar-refractivity contribution in [1.29, 1.82) is 0 Å². The number of halogens is 4. The van der Waals surface area contributed by atoms with Gasteiger partial charge in [-0.1, -0.05) is 94.6 Å². The highest BCUT2D eigenvalue weighted by Gasteiger charge is 2.21. The van der Waals surface area contributed by atoms with Gasteiger partial charge in [-0.15, -0.1) is 0 Å². The molecule has 0 atom stereocenters. The summed E-state index contributed by atoms with van der Waals surface area (Å²) >= 11 is 19.0. The number of H-pyrrole nitrogens is 1. The van der Waals surface area contributed by atoms with Crippen LogP contribution in [-0.2, 0) is 6.42 Å². The highest BCUT2D eigenvalue weighted by atomic mass is 79.9. The SMILES string of the molecule is CCc1cccc2c(-c3ccccc3)c(C(=O)NN=Cc3cc(Br)cc(Br)c3OC(=O)c3ccc(Cl)cc3Cl)[nH]c12. The van der Waals surface area contributed by atoms with Gasteiger partial charge < -0.3 is 9.72 Å². The van der Waals surface area contributed by atoms with E-state index in [1.54, 1.807) is 18.2 Å². The van der Waals surface area contributed by atoms with Crippen molar-refractivity contribution in [3.63, 3.8) is 0 Å². The van der Waals surface area contributed by atoms with Crippen LogP contribution < -0.4 is 10.2 Å². The fraction of sp³-hybridized carbons (Fsp3) is 0.0645. The van der Waals surface area contributed by atoms with Crippen LogP contribution in [0.4, 0.5) is 0 Å². The van der Waals surface area contributed by atoms with E-state index in [0.29, 0.717) is 25.2 Å². The van der Waals surface area contributed by atoms with Crippen LogP contribution in [-0.4, -0.2) is 23.1 Å². The number of benzene rings is 4. The summed E-state index contributed by atoms with van der Waals surface area (Å²) in [5.74, 6) is -0.894. The highest BCUT2D eigenvalue weighted by molar-refractivity contribution is 9.11. The molecule has 0 aliphatic carbocycles. The summed E-state index contributed by atoms with van der Waals surface area (Å²) in [7, 11) is 0. The molecule has 6 nitrogen and oxygen atoms in total. The first-order valence-corrected chi connectivity index (χ1v) is 14.8. The molecule has 1 heterocycles. The van der Waals surface area contributed by atoms with Crippen LogP contribution in [0.1, 0.15) is 38.9 Å². The lowest BCUT2D eigenvalue weighted by atomic mass is 10.00.